The van der Waals surface area contributed by atoms with Crippen LogP contribution in [0.1, 0.15) is 27.2 Å². The minimum Gasteiger partial charge on any atom is -0.444 e. The largest absolute Gasteiger partial charge is 0.444 e. The van der Waals surface area contributed by atoms with Gasteiger partial charge in [0.05, 0.1) is 12.6 Å². The number of ether oxygens (including phenoxy) is 2. The lowest BCUT2D eigenvalue weighted by Gasteiger charge is -2.26. The Hall–Kier alpha value is -1.10. The molecule has 1 aliphatic heterocycles. The van der Waals surface area contributed by atoms with E-state index in [1.54, 1.807) is 20.8 Å². The van der Waals surface area contributed by atoms with E-state index in [2.05, 4.69) is 0 Å². The Morgan fingerprint density at radius 2 is 2.27 bits per heavy atom. The van der Waals surface area contributed by atoms with Gasteiger partial charge in [0.15, 0.2) is 0 Å². The van der Waals surface area contributed by atoms with Gasteiger partial charge in [-0.1, -0.05) is 0 Å². The molecule has 15 heavy (non-hydrogen) atoms. The number of hydrogen-bond donors (Lipinski definition) is 0. The molecular formula is C10H17NO4. The van der Waals surface area contributed by atoms with Gasteiger partial charge in [-0.3, -0.25) is 4.90 Å². The Morgan fingerprint density at radius 1 is 1.60 bits per heavy atom. The molecule has 0 N–H and O–H groups in total. The Labute approximate surface area is 89.3 Å². The Morgan fingerprint density at radius 3 is 2.80 bits per heavy atom. The van der Waals surface area contributed by atoms with Gasteiger partial charge in [0.2, 0.25) is 0 Å². The van der Waals surface area contributed by atoms with E-state index in [1.165, 1.54) is 4.90 Å². The summed E-state index contributed by atoms with van der Waals surface area (Å²) in [6, 6.07) is -0.183. The highest BCUT2D eigenvalue weighted by molar-refractivity contribution is 5.69. The smallest absolute Gasteiger partial charge is 0.412 e. The van der Waals surface area contributed by atoms with Gasteiger partial charge in [0, 0.05) is 6.42 Å². The topological polar surface area (TPSA) is 55.8 Å². The van der Waals surface area contributed by atoms with Gasteiger partial charge >= 0.3 is 6.09 Å². The molecule has 1 saturated heterocycles. The third-order valence-corrected chi connectivity index (χ3v) is 1.98. The highest BCUT2D eigenvalue weighted by atomic mass is 16.6. The first kappa shape index (κ1) is 12.0. The second-order valence-electron chi connectivity index (χ2n) is 4.51. The molecule has 5 nitrogen and oxygen atoms in total. The number of rotatable bonds is 2. The van der Waals surface area contributed by atoms with Crippen LogP contribution in [0.25, 0.3) is 0 Å². The monoisotopic (exact) mass is 215 g/mol. The molecule has 0 unspecified atom stereocenters. The van der Waals surface area contributed by atoms with Crippen LogP contribution in [0.15, 0.2) is 0 Å². The van der Waals surface area contributed by atoms with Crippen molar-refractivity contribution in [2.45, 2.75) is 38.8 Å². The van der Waals surface area contributed by atoms with Crippen LogP contribution in [0.3, 0.4) is 0 Å². The summed E-state index contributed by atoms with van der Waals surface area (Å²) in [6.45, 7) is 6.01. The molecule has 5 heteroatoms. The second-order valence-corrected chi connectivity index (χ2v) is 4.51. The zero-order chi connectivity index (χ0) is 11.5. The van der Waals surface area contributed by atoms with Crippen LogP contribution >= 0.6 is 0 Å². The Bertz CT molecular complexity index is 246. The summed E-state index contributed by atoms with van der Waals surface area (Å²) in [6.07, 6.45) is 0.655. The minimum absolute atomic E-state index is 0.183. The van der Waals surface area contributed by atoms with Gasteiger partial charge in [-0.2, -0.15) is 0 Å². The third-order valence-electron chi connectivity index (χ3n) is 1.98. The summed E-state index contributed by atoms with van der Waals surface area (Å²) in [4.78, 5) is 23.5. The fourth-order valence-electron chi connectivity index (χ4n) is 1.31. The molecule has 1 amide bonds. The maximum atomic E-state index is 11.7. The average molecular weight is 215 g/mol. The lowest BCUT2D eigenvalue weighted by molar-refractivity contribution is -0.108. The summed E-state index contributed by atoms with van der Waals surface area (Å²) in [5.74, 6) is 0. The maximum Gasteiger partial charge on any atom is 0.412 e. The average Bonchev–Trinajstić information content (AvgIpc) is 2.49. The van der Waals surface area contributed by atoms with Gasteiger partial charge in [0.25, 0.3) is 0 Å². The van der Waals surface area contributed by atoms with Crippen molar-refractivity contribution in [1.29, 1.82) is 0 Å². The SMILES string of the molecule is CC(C)(C)OC(=O)N1COC[C@@H]1CC=O. The van der Waals surface area contributed by atoms with E-state index in [9.17, 15) is 9.59 Å². The molecule has 1 fully saturated rings. The van der Waals surface area contributed by atoms with Crippen molar-refractivity contribution in [3.8, 4) is 0 Å². The summed E-state index contributed by atoms with van der Waals surface area (Å²) < 4.78 is 10.3. The second kappa shape index (κ2) is 4.61. The zero-order valence-electron chi connectivity index (χ0n) is 9.36. The molecule has 1 atom stereocenters. The van der Waals surface area contributed by atoms with Crippen LogP contribution in [0, 0.1) is 0 Å². The normalized spacial score (nSPS) is 21.5. The fraction of sp³-hybridized carbons (Fsp3) is 0.800. The number of aldehydes is 1. The fourth-order valence-corrected chi connectivity index (χ4v) is 1.31. The number of amides is 1. The molecule has 0 aromatic rings. The highest BCUT2D eigenvalue weighted by Gasteiger charge is 2.32. The van der Waals surface area contributed by atoms with Crippen molar-refractivity contribution in [3.05, 3.63) is 0 Å². The molecular weight excluding hydrogens is 198 g/mol. The van der Waals surface area contributed by atoms with Crippen LogP contribution in [0.5, 0.6) is 0 Å². The quantitative estimate of drug-likeness (QED) is 0.649. The first-order chi connectivity index (χ1) is 6.94. The summed E-state index contributed by atoms with van der Waals surface area (Å²) >= 11 is 0. The predicted molar refractivity (Wildman–Crippen MR) is 53.4 cm³/mol. The maximum absolute atomic E-state index is 11.7. The van der Waals surface area contributed by atoms with Crippen molar-refractivity contribution in [1.82, 2.24) is 4.90 Å². The minimum atomic E-state index is -0.522. The molecule has 86 valence electrons. The van der Waals surface area contributed by atoms with Gasteiger partial charge in [-0.25, -0.2) is 4.79 Å². The van der Waals surface area contributed by atoms with Crippen LogP contribution in [0.4, 0.5) is 4.79 Å². The molecule has 1 heterocycles. The zero-order valence-corrected chi connectivity index (χ0v) is 9.36. The van der Waals surface area contributed by atoms with E-state index >= 15 is 0 Å². The van der Waals surface area contributed by atoms with E-state index in [0.29, 0.717) is 13.0 Å². The van der Waals surface area contributed by atoms with Crippen LogP contribution in [-0.4, -0.2) is 42.3 Å². The van der Waals surface area contributed by atoms with E-state index in [0.717, 1.165) is 6.29 Å². The summed E-state index contributed by atoms with van der Waals surface area (Å²) in [5.41, 5.74) is -0.522. The standard InChI is InChI=1S/C10H17NO4/c1-10(2,3)15-9(13)11-7-14-6-8(11)4-5-12/h5,8H,4,6-7H2,1-3H3/t8-/m0/s1. The van der Waals surface area contributed by atoms with Crippen LogP contribution in [0.2, 0.25) is 0 Å². The number of carbonyl (C=O) groups excluding carboxylic acids is 2. The Kier molecular flexibility index (Phi) is 3.68. The molecule has 0 bridgehead atoms. The van der Waals surface area contributed by atoms with Crippen LogP contribution < -0.4 is 0 Å². The van der Waals surface area contributed by atoms with E-state index < -0.39 is 11.7 Å². The number of nitrogens with zero attached hydrogens (tertiary/aromatic N) is 1. The van der Waals surface area contributed by atoms with Gasteiger partial charge < -0.3 is 14.3 Å². The molecule has 0 aromatic heterocycles. The van der Waals surface area contributed by atoms with Crippen molar-refractivity contribution in [2.24, 2.45) is 0 Å². The number of hydrogen-bond acceptors (Lipinski definition) is 4. The van der Waals surface area contributed by atoms with Gasteiger partial charge in [0.1, 0.15) is 18.6 Å². The lowest BCUT2D eigenvalue weighted by atomic mass is 10.2. The summed E-state index contributed by atoms with van der Waals surface area (Å²) in [7, 11) is 0. The van der Waals surface area contributed by atoms with Gasteiger partial charge in [-0.15, -0.1) is 0 Å². The predicted octanol–water partition coefficient (Wildman–Crippen LogP) is 1.17. The molecule has 1 aliphatic rings. The third kappa shape index (κ3) is 3.51. The van der Waals surface area contributed by atoms with E-state index in [1.807, 2.05) is 0 Å². The van der Waals surface area contributed by atoms with Crippen molar-refractivity contribution < 1.29 is 19.1 Å². The first-order valence-corrected chi connectivity index (χ1v) is 4.95. The molecule has 0 saturated carbocycles. The van der Waals surface area contributed by atoms with E-state index in [4.69, 9.17) is 9.47 Å². The molecule has 0 aromatic carbocycles. The van der Waals surface area contributed by atoms with Crippen molar-refractivity contribution in [3.63, 3.8) is 0 Å². The van der Waals surface area contributed by atoms with Crippen molar-refractivity contribution in [2.75, 3.05) is 13.3 Å². The highest BCUT2D eigenvalue weighted by Crippen LogP contribution is 2.17. The van der Waals surface area contributed by atoms with Crippen molar-refractivity contribution >= 4 is 12.4 Å². The number of carbonyl (C=O) groups is 2. The van der Waals surface area contributed by atoms with Crippen LogP contribution in [-0.2, 0) is 14.3 Å². The lowest BCUT2D eigenvalue weighted by Crippen LogP contribution is -2.40. The summed E-state index contributed by atoms with van der Waals surface area (Å²) in [5, 5.41) is 0. The van der Waals surface area contributed by atoms with E-state index in [-0.39, 0.29) is 12.8 Å². The Balaban J connectivity index is 2.54. The van der Waals surface area contributed by atoms with Gasteiger partial charge in [-0.05, 0) is 20.8 Å². The first-order valence-electron chi connectivity index (χ1n) is 4.95. The molecule has 1 rings (SSSR count). The molecule has 0 aliphatic carbocycles. The molecule has 0 radical (unpaired) electrons. The molecule has 0 spiro atoms.